The van der Waals surface area contributed by atoms with Crippen molar-refractivity contribution in [2.45, 2.75) is 52.0 Å². The zero-order valence-electron chi connectivity index (χ0n) is 16.0. The Morgan fingerprint density at radius 1 is 1.28 bits per heavy atom. The van der Waals surface area contributed by atoms with Gasteiger partial charge >= 0.3 is 0 Å². The molecule has 3 N–H and O–H groups in total. The van der Waals surface area contributed by atoms with E-state index in [1.54, 1.807) is 7.05 Å². The highest BCUT2D eigenvalue weighted by Gasteiger charge is 2.27. The highest BCUT2D eigenvalue weighted by Crippen LogP contribution is 2.34. The van der Waals surface area contributed by atoms with Crippen molar-refractivity contribution in [3.05, 3.63) is 35.4 Å². The molecule has 1 aromatic rings. The van der Waals surface area contributed by atoms with Gasteiger partial charge in [-0.25, -0.2) is 0 Å². The molecule has 25 heavy (non-hydrogen) atoms. The van der Waals surface area contributed by atoms with Crippen molar-refractivity contribution in [1.29, 1.82) is 0 Å². The van der Waals surface area contributed by atoms with Crippen LogP contribution in [0.15, 0.2) is 29.3 Å². The molecule has 0 aromatic heterocycles. The standard InChI is InChI=1S/C20H32N4O/c1-20(2)11-8-17(9-12-20)24-19(22-4)23-13-10-15-6-5-7-16(14-15)18(25)21-3/h5-7,14,17H,8-13H2,1-4H3,(H,21,25)(H2,22,23,24). The van der Waals surface area contributed by atoms with Gasteiger partial charge in [0.05, 0.1) is 0 Å². The number of carbonyl (C=O) groups excluding carboxylic acids is 1. The van der Waals surface area contributed by atoms with Crippen molar-refractivity contribution in [1.82, 2.24) is 16.0 Å². The second-order valence-corrected chi connectivity index (χ2v) is 7.61. The van der Waals surface area contributed by atoms with Gasteiger partial charge in [0.25, 0.3) is 5.91 Å². The summed E-state index contributed by atoms with van der Waals surface area (Å²) in [4.78, 5) is 16.0. The van der Waals surface area contributed by atoms with Crippen molar-refractivity contribution in [3.8, 4) is 0 Å². The number of nitrogens with zero attached hydrogens (tertiary/aromatic N) is 1. The van der Waals surface area contributed by atoms with Crippen LogP contribution in [0.2, 0.25) is 0 Å². The van der Waals surface area contributed by atoms with Gasteiger partial charge in [-0.05, 0) is 55.2 Å². The molecule has 1 aliphatic rings. The maximum Gasteiger partial charge on any atom is 0.251 e. The Labute approximate surface area is 151 Å². The monoisotopic (exact) mass is 344 g/mol. The Hall–Kier alpha value is -2.04. The van der Waals surface area contributed by atoms with E-state index in [2.05, 4.69) is 34.8 Å². The third-order valence-corrected chi connectivity index (χ3v) is 5.03. The number of rotatable bonds is 5. The summed E-state index contributed by atoms with van der Waals surface area (Å²) < 4.78 is 0. The van der Waals surface area contributed by atoms with Crippen LogP contribution in [0, 0.1) is 5.41 Å². The number of aliphatic imine (C=N–C) groups is 1. The topological polar surface area (TPSA) is 65.5 Å². The summed E-state index contributed by atoms with van der Waals surface area (Å²) in [5.74, 6) is 0.819. The normalized spacial score (nSPS) is 17.8. The minimum Gasteiger partial charge on any atom is -0.356 e. The SMILES string of the molecule is CN=C(NCCc1cccc(C(=O)NC)c1)NC1CCC(C)(C)CC1. The van der Waals surface area contributed by atoms with Crippen LogP contribution in [-0.4, -0.2) is 38.5 Å². The van der Waals surface area contributed by atoms with Crippen LogP contribution < -0.4 is 16.0 Å². The largest absolute Gasteiger partial charge is 0.356 e. The molecule has 0 atom stereocenters. The van der Waals surface area contributed by atoms with E-state index in [0.29, 0.717) is 17.0 Å². The molecular weight excluding hydrogens is 312 g/mol. The molecule has 0 unspecified atom stereocenters. The maximum absolute atomic E-state index is 11.7. The number of amides is 1. The molecule has 0 aliphatic heterocycles. The Balaban J connectivity index is 1.79. The van der Waals surface area contributed by atoms with Crippen LogP contribution in [0.5, 0.6) is 0 Å². The molecule has 1 aliphatic carbocycles. The lowest BCUT2D eigenvalue weighted by atomic mass is 9.75. The molecule has 1 aromatic carbocycles. The molecule has 1 amide bonds. The fourth-order valence-corrected chi connectivity index (χ4v) is 3.27. The average molecular weight is 345 g/mol. The molecular formula is C20H32N4O. The zero-order valence-corrected chi connectivity index (χ0v) is 16.0. The second kappa shape index (κ2) is 8.88. The molecule has 0 saturated heterocycles. The van der Waals surface area contributed by atoms with Crippen LogP contribution >= 0.6 is 0 Å². The van der Waals surface area contributed by atoms with E-state index in [1.807, 2.05) is 31.3 Å². The third kappa shape index (κ3) is 6.07. The van der Waals surface area contributed by atoms with Gasteiger partial charge in [-0.15, -0.1) is 0 Å². The van der Waals surface area contributed by atoms with Crippen LogP contribution in [0.4, 0.5) is 0 Å². The number of guanidine groups is 1. The van der Waals surface area contributed by atoms with E-state index in [0.717, 1.165) is 24.5 Å². The number of nitrogens with one attached hydrogen (secondary N) is 3. The number of hydrogen-bond acceptors (Lipinski definition) is 2. The lowest BCUT2D eigenvalue weighted by Gasteiger charge is -2.35. The molecule has 5 heteroatoms. The van der Waals surface area contributed by atoms with E-state index in [9.17, 15) is 4.79 Å². The average Bonchev–Trinajstić information content (AvgIpc) is 2.62. The third-order valence-electron chi connectivity index (χ3n) is 5.03. The lowest BCUT2D eigenvalue weighted by molar-refractivity contribution is 0.0963. The van der Waals surface area contributed by atoms with E-state index < -0.39 is 0 Å². The van der Waals surface area contributed by atoms with E-state index in [1.165, 1.54) is 25.7 Å². The first-order chi connectivity index (χ1) is 11.9. The van der Waals surface area contributed by atoms with Crippen LogP contribution in [0.3, 0.4) is 0 Å². The van der Waals surface area contributed by atoms with Crippen molar-refractivity contribution >= 4 is 11.9 Å². The maximum atomic E-state index is 11.7. The summed E-state index contributed by atoms with van der Waals surface area (Å²) in [7, 11) is 3.47. The van der Waals surface area contributed by atoms with Crippen molar-refractivity contribution in [2.75, 3.05) is 20.6 Å². The molecule has 2 rings (SSSR count). The highest BCUT2D eigenvalue weighted by molar-refractivity contribution is 5.94. The Morgan fingerprint density at radius 2 is 2.00 bits per heavy atom. The molecule has 1 fully saturated rings. The minimum atomic E-state index is -0.0486. The molecule has 0 radical (unpaired) electrons. The summed E-state index contributed by atoms with van der Waals surface area (Å²) in [6, 6.07) is 8.26. The molecule has 0 spiro atoms. The van der Waals surface area contributed by atoms with Crippen molar-refractivity contribution in [3.63, 3.8) is 0 Å². The van der Waals surface area contributed by atoms with Gasteiger partial charge in [-0.1, -0.05) is 26.0 Å². The smallest absolute Gasteiger partial charge is 0.251 e. The fourth-order valence-electron chi connectivity index (χ4n) is 3.27. The van der Waals surface area contributed by atoms with Crippen LogP contribution in [0.25, 0.3) is 0 Å². The van der Waals surface area contributed by atoms with Crippen LogP contribution in [-0.2, 0) is 6.42 Å². The van der Waals surface area contributed by atoms with Gasteiger partial charge in [0.1, 0.15) is 0 Å². The van der Waals surface area contributed by atoms with Gasteiger partial charge in [-0.2, -0.15) is 0 Å². The molecule has 0 bridgehead atoms. The zero-order chi connectivity index (χ0) is 18.3. The van der Waals surface area contributed by atoms with Gasteiger partial charge in [0, 0.05) is 32.2 Å². The summed E-state index contributed by atoms with van der Waals surface area (Å²) in [5.41, 5.74) is 2.32. The molecule has 138 valence electrons. The van der Waals surface area contributed by atoms with Gasteiger partial charge in [0.15, 0.2) is 5.96 Å². The predicted octanol–water partition coefficient (Wildman–Crippen LogP) is 2.72. The number of benzene rings is 1. The van der Waals surface area contributed by atoms with Gasteiger partial charge in [-0.3, -0.25) is 9.79 Å². The van der Waals surface area contributed by atoms with E-state index >= 15 is 0 Å². The lowest BCUT2D eigenvalue weighted by Crippen LogP contribution is -2.46. The second-order valence-electron chi connectivity index (χ2n) is 7.61. The Bertz CT molecular complexity index is 599. The predicted molar refractivity (Wildman–Crippen MR) is 104 cm³/mol. The number of hydrogen-bond donors (Lipinski definition) is 3. The van der Waals surface area contributed by atoms with Crippen LogP contribution in [0.1, 0.15) is 55.5 Å². The summed E-state index contributed by atoms with van der Waals surface area (Å²) in [6.07, 6.45) is 5.76. The van der Waals surface area contributed by atoms with Crippen molar-refractivity contribution < 1.29 is 4.79 Å². The van der Waals surface area contributed by atoms with Crippen molar-refractivity contribution in [2.24, 2.45) is 10.4 Å². The highest BCUT2D eigenvalue weighted by atomic mass is 16.1. The van der Waals surface area contributed by atoms with E-state index in [4.69, 9.17) is 0 Å². The summed E-state index contributed by atoms with van der Waals surface area (Å²) in [5, 5.41) is 9.59. The Kier molecular flexibility index (Phi) is 6.85. The quantitative estimate of drug-likeness (QED) is 0.568. The van der Waals surface area contributed by atoms with Gasteiger partial charge < -0.3 is 16.0 Å². The Morgan fingerprint density at radius 3 is 2.64 bits per heavy atom. The molecule has 0 heterocycles. The first kappa shape index (κ1) is 19.3. The molecule has 5 nitrogen and oxygen atoms in total. The van der Waals surface area contributed by atoms with E-state index in [-0.39, 0.29) is 5.91 Å². The van der Waals surface area contributed by atoms with Gasteiger partial charge in [0.2, 0.25) is 0 Å². The number of carbonyl (C=O) groups is 1. The minimum absolute atomic E-state index is 0.0486. The summed E-state index contributed by atoms with van der Waals surface area (Å²) in [6.45, 7) is 5.49. The summed E-state index contributed by atoms with van der Waals surface area (Å²) >= 11 is 0. The molecule has 1 saturated carbocycles. The fraction of sp³-hybridized carbons (Fsp3) is 0.600. The first-order valence-electron chi connectivity index (χ1n) is 9.22. The first-order valence-corrected chi connectivity index (χ1v) is 9.22.